The van der Waals surface area contributed by atoms with E-state index in [2.05, 4.69) is 5.32 Å². The van der Waals surface area contributed by atoms with Crippen molar-refractivity contribution < 1.29 is 19.0 Å². The molecule has 0 aromatic heterocycles. The van der Waals surface area contributed by atoms with Gasteiger partial charge in [0, 0.05) is 16.8 Å². The standard InChI is InChI=1S/C17H16ClNO4/c1-11-8-12(18)2-4-14(11)19-17(20)10-23-13-3-5-15-16(9-13)22-7-6-21-15/h2-5,8-9H,6-7,10H2,1H3,(H,19,20). The highest BCUT2D eigenvalue weighted by Crippen LogP contribution is 2.33. The highest BCUT2D eigenvalue weighted by molar-refractivity contribution is 6.30. The number of nitrogens with one attached hydrogen (secondary N) is 1. The van der Waals surface area contributed by atoms with Crippen LogP contribution in [0.1, 0.15) is 5.56 Å². The molecule has 23 heavy (non-hydrogen) atoms. The second kappa shape index (κ2) is 6.79. The van der Waals surface area contributed by atoms with Crippen LogP contribution >= 0.6 is 11.6 Å². The van der Waals surface area contributed by atoms with E-state index in [9.17, 15) is 4.79 Å². The number of hydrogen-bond donors (Lipinski definition) is 1. The van der Waals surface area contributed by atoms with Gasteiger partial charge in [0.05, 0.1) is 0 Å². The maximum absolute atomic E-state index is 12.0. The Balaban J connectivity index is 1.58. The summed E-state index contributed by atoms with van der Waals surface area (Å²) in [6, 6.07) is 10.5. The number of anilines is 1. The molecule has 6 heteroatoms. The first-order chi connectivity index (χ1) is 11.1. The Kier molecular flexibility index (Phi) is 4.57. The van der Waals surface area contributed by atoms with Crippen LogP contribution in [0.3, 0.4) is 0 Å². The van der Waals surface area contributed by atoms with Gasteiger partial charge in [-0.1, -0.05) is 11.6 Å². The van der Waals surface area contributed by atoms with E-state index in [4.69, 9.17) is 25.8 Å². The Labute approximate surface area is 139 Å². The van der Waals surface area contributed by atoms with Crippen molar-refractivity contribution in [3.05, 3.63) is 47.0 Å². The van der Waals surface area contributed by atoms with Crippen LogP contribution in [0.5, 0.6) is 17.2 Å². The summed E-state index contributed by atoms with van der Waals surface area (Å²) in [5.41, 5.74) is 1.61. The molecule has 2 aromatic carbocycles. The van der Waals surface area contributed by atoms with Crippen molar-refractivity contribution in [3.8, 4) is 17.2 Å². The molecule has 0 aliphatic carbocycles. The lowest BCUT2D eigenvalue weighted by molar-refractivity contribution is -0.118. The van der Waals surface area contributed by atoms with Crippen molar-refractivity contribution in [2.75, 3.05) is 25.1 Å². The van der Waals surface area contributed by atoms with Gasteiger partial charge in [-0.05, 0) is 42.8 Å². The maximum Gasteiger partial charge on any atom is 0.262 e. The quantitative estimate of drug-likeness (QED) is 0.931. The van der Waals surface area contributed by atoms with Gasteiger partial charge in [0.25, 0.3) is 5.91 Å². The van der Waals surface area contributed by atoms with Gasteiger partial charge in [-0.15, -0.1) is 0 Å². The smallest absolute Gasteiger partial charge is 0.262 e. The van der Waals surface area contributed by atoms with E-state index in [-0.39, 0.29) is 12.5 Å². The predicted octanol–water partition coefficient (Wildman–Crippen LogP) is 3.44. The highest BCUT2D eigenvalue weighted by atomic mass is 35.5. The number of carbonyl (C=O) groups is 1. The van der Waals surface area contributed by atoms with Gasteiger partial charge >= 0.3 is 0 Å². The summed E-state index contributed by atoms with van der Waals surface area (Å²) in [6.07, 6.45) is 0. The van der Waals surface area contributed by atoms with Crippen LogP contribution in [0.2, 0.25) is 5.02 Å². The molecule has 0 saturated carbocycles. The van der Waals surface area contributed by atoms with E-state index < -0.39 is 0 Å². The molecule has 5 nitrogen and oxygen atoms in total. The minimum atomic E-state index is -0.245. The summed E-state index contributed by atoms with van der Waals surface area (Å²) in [6.45, 7) is 2.83. The molecule has 1 amide bonds. The number of rotatable bonds is 4. The molecule has 1 N–H and O–H groups in total. The van der Waals surface area contributed by atoms with Gasteiger partial charge < -0.3 is 19.5 Å². The minimum absolute atomic E-state index is 0.0955. The van der Waals surface area contributed by atoms with Gasteiger partial charge in [0.1, 0.15) is 19.0 Å². The first-order valence-corrected chi connectivity index (χ1v) is 7.58. The van der Waals surface area contributed by atoms with Crippen LogP contribution in [0, 0.1) is 6.92 Å². The fraction of sp³-hybridized carbons (Fsp3) is 0.235. The number of ether oxygens (including phenoxy) is 3. The van der Waals surface area contributed by atoms with Crippen LogP contribution in [0.25, 0.3) is 0 Å². The van der Waals surface area contributed by atoms with Crippen molar-refractivity contribution >= 4 is 23.2 Å². The van der Waals surface area contributed by atoms with Crippen LogP contribution in [-0.4, -0.2) is 25.7 Å². The predicted molar refractivity (Wildman–Crippen MR) is 87.7 cm³/mol. The third kappa shape index (κ3) is 3.87. The molecule has 0 bridgehead atoms. The van der Waals surface area contributed by atoms with E-state index in [1.165, 1.54) is 0 Å². The van der Waals surface area contributed by atoms with E-state index in [1.807, 2.05) is 6.92 Å². The first kappa shape index (κ1) is 15.5. The average molecular weight is 334 g/mol. The van der Waals surface area contributed by atoms with Crippen molar-refractivity contribution in [2.45, 2.75) is 6.92 Å². The zero-order valence-electron chi connectivity index (χ0n) is 12.6. The summed E-state index contributed by atoms with van der Waals surface area (Å²) in [7, 11) is 0. The van der Waals surface area contributed by atoms with Crippen molar-refractivity contribution in [3.63, 3.8) is 0 Å². The largest absolute Gasteiger partial charge is 0.486 e. The Bertz CT molecular complexity index is 733. The van der Waals surface area contributed by atoms with Crippen LogP contribution in [0.4, 0.5) is 5.69 Å². The van der Waals surface area contributed by atoms with Crippen molar-refractivity contribution in [1.82, 2.24) is 0 Å². The molecule has 0 atom stereocenters. The number of halogens is 1. The molecule has 0 saturated heterocycles. The SMILES string of the molecule is Cc1cc(Cl)ccc1NC(=O)COc1ccc2c(c1)OCCO2. The maximum atomic E-state index is 12.0. The minimum Gasteiger partial charge on any atom is -0.486 e. The number of fused-ring (bicyclic) bond motifs is 1. The number of carbonyl (C=O) groups excluding carboxylic acids is 1. The summed E-state index contributed by atoms with van der Waals surface area (Å²) in [5.74, 6) is 1.62. The fourth-order valence-corrected chi connectivity index (χ4v) is 2.44. The van der Waals surface area contributed by atoms with E-state index in [1.54, 1.807) is 36.4 Å². The van der Waals surface area contributed by atoms with E-state index in [0.717, 1.165) is 5.56 Å². The topological polar surface area (TPSA) is 56.8 Å². The van der Waals surface area contributed by atoms with Crippen LogP contribution in [-0.2, 0) is 4.79 Å². The number of aryl methyl sites for hydroxylation is 1. The van der Waals surface area contributed by atoms with Gasteiger partial charge in [0.15, 0.2) is 18.1 Å². The van der Waals surface area contributed by atoms with Gasteiger partial charge in [-0.25, -0.2) is 0 Å². The molecular formula is C17H16ClNO4. The second-order valence-electron chi connectivity index (χ2n) is 5.10. The third-order valence-electron chi connectivity index (χ3n) is 3.35. The van der Waals surface area contributed by atoms with Crippen LogP contribution < -0.4 is 19.5 Å². The zero-order valence-corrected chi connectivity index (χ0v) is 13.4. The Morgan fingerprint density at radius 1 is 1.17 bits per heavy atom. The average Bonchev–Trinajstić information content (AvgIpc) is 2.55. The summed E-state index contributed by atoms with van der Waals surface area (Å²) in [5, 5.41) is 3.42. The molecular weight excluding hydrogens is 318 g/mol. The summed E-state index contributed by atoms with van der Waals surface area (Å²) >= 11 is 5.89. The summed E-state index contributed by atoms with van der Waals surface area (Å²) in [4.78, 5) is 12.0. The Morgan fingerprint density at radius 3 is 2.74 bits per heavy atom. The van der Waals surface area contributed by atoms with Crippen LogP contribution in [0.15, 0.2) is 36.4 Å². The number of hydrogen-bond acceptors (Lipinski definition) is 4. The van der Waals surface area contributed by atoms with E-state index >= 15 is 0 Å². The Hall–Kier alpha value is -2.40. The Morgan fingerprint density at radius 2 is 1.96 bits per heavy atom. The molecule has 0 fully saturated rings. The molecule has 1 aliphatic heterocycles. The molecule has 120 valence electrons. The van der Waals surface area contributed by atoms with Gasteiger partial charge in [0.2, 0.25) is 0 Å². The zero-order chi connectivity index (χ0) is 16.2. The molecule has 0 radical (unpaired) electrons. The lowest BCUT2D eigenvalue weighted by Gasteiger charge is -2.18. The molecule has 3 rings (SSSR count). The number of benzene rings is 2. The molecule has 0 spiro atoms. The van der Waals surface area contributed by atoms with Crippen molar-refractivity contribution in [1.29, 1.82) is 0 Å². The van der Waals surface area contributed by atoms with Crippen molar-refractivity contribution in [2.24, 2.45) is 0 Å². The molecule has 1 heterocycles. The molecule has 0 unspecified atom stereocenters. The van der Waals surface area contributed by atoms with E-state index in [0.29, 0.717) is 41.2 Å². The second-order valence-corrected chi connectivity index (χ2v) is 5.54. The van der Waals surface area contributed by atoms with Gasteiger partial charge in [-0.2, -0.15) is 0 Å². The monoisotopic (exact) mass is 333 g/mol. The highest BCUT2D eigenvalue weighted by Gasteiger charge is 2.13. The fourth-order valence-electron chi connectivity index (χ4n) is 2.22. The lowest BCUT2D eigenvalue weighted by Crippen LogP contribution is -2.21. The lowest BCUT2D eigenvalue weighted by atomic mass is 10.2. The normalized spacial score (nSPS) is 12.6. The molecule has 2 aromatic rings. The first-order valence-electron chi connectivity index (χ1n) is 7.20. The number of amides is 1. The molecule has 1 aliphatic rings. The summed E-state index contributed by atoms with van der Waals surface area (Å²) < 4.78 is 16.4. The van der Waals surface area contributed by atoms with Gasteiger partial charge in [-0.3, -0.25) is 4.79 Å². The third-order valence-corrected chi connectivity index (χ3v) is 3.58.